The molecule has 0 radical (unpaired) electrons. The van der Waals surface area contributed by atoms with E-state index in [2.05, 4.69) is 29.7 Å². The molecule has 0 aromatic carbocycles. The Labute approximate surface area is 258 Å². The van der Waals surface area contributed by atoms with Crippen LogP contribution in [-0.2, 0) is 24.0 Å². The maximum absolute atomic E-state index is 12.1. The summed E-state index contributed by atoms with van der Waals surface area (Å²) in [5, 5.41) is 22.3. The quantitative estimate of drug-likeness (QED) is 0.0929. The maximum Gasteiger partial charge on any atom is 0.326 e. The molecule has 0 spiro atoms. The van der Waals surface area contributed by atoms with Gasteiger partial charge in [0.2, 0.25) is 17.7 Å². The Morgan fingerprint density at radius 3 is 1.81 bits per heavy atom. The number of allylic oxidation sites excluding steroid dienone is 2. The molecule has 1 aliphatic rings. The Balaban J connectivity index is 0.000000942. The van der Waals surface area contributed by atoms with Crippen molar-refractivity contribution in [3.05, 3.63) is 12.2 Å². The van der Waals surface area contributed by atoms with Crippen molar-refractivity contribution in [3.63, 3.8) is 0 Å². The van der Waals surface area contributed by atoms with Crippen LogP contribution in [0.4, 0.5) is 0 Å². The molecule has 1 heterocycles. The number of carboxylic acids is 2. The molecule has 0 unspecified atom stereocenters. The average Bonchev–Trinajstić information content (AvgIpc) is 3.46. The van der Waals surface area contributed by atoms with Crippen molar-refractivity contribution < 1.29 is 34.2 Å². The van der Waals surface area contributed by atoms with Gasteiger partial charge in [0.25, 0.3) is 0 Å². The Morgan fingerprint density at radius 2 is 1.30 bits per heavy atom. The van der Waals surface area contributed by atoms with E-state index in [9.17, 15) is 24.0 Å². The van der Waals surface area contributed by atoms with Crippen LogP contribution in [0.3, 0.4) is 0 Å². The van der Waals surface area contributed by atoms with Gasteiger partial charge in [0.15, 0.2) is 0 Å². The molecule has 0 aromatic heterocycles. The van der Waals surface area contributed by atoms with Crippen LogP contribution < -0.4 is 16.4 Å². The number of unbranched alkanes of at least 4 members (excludes halogenated alkanes) is 11. The fourth-order valence-corrected chi connectivity index (χ4v) is 4.62. The largest absolute Gasteiger partial charge is 0.480 e. The summed E-state index contributed by atoms with van der Waals surface area (Å²) in [7, 11) is 0. The zero-order chi connectivity index (χ0) is 32.6. The summed E-state index contributed by atoms with van der Waals surface area (Å²) in [6.45, 7) is 7.14. The first-order valence-electron chi connectivity index (χ1n) is 16.2. The number of nitrogens with zero attached hydrogens (tertiary/aromatic N) is 1. The molecule has 3 amide bonds. The van der Waals surface area contributed by atoms with Crippen LogP contribution in [0, 0.1) is 0 Å². The van der Waals surface area contributed by atoms with E-state index in [-0.39, 0.29) is 5.91 Å². The summed E-state index contributed by atoms with van der Waals surface area (Å²) >= 11 is 0. The lowest BCUT2D eigenvalue weighted by atomic mass is 10.1. The van der Waals surface area contributed by atoms with E-state index < -0.39 is 47.9 Å². The highest BCUT2D eigenvalue weighted by atomic mass is 16.4. The number of hydrogen-bond acceptors (Lipinski definition) is 6. The molecule has 1 fully saturated rings. The number of rotatable bonds is 21. The highest BCUT2D eigenvalue weighted by molar-refractivity contribution is 5.91. The van der Waals surface area contributed by atoms with Crippen LogP contribution in [0.2, 0.25) is 0 Å². The third-order valence-corrected chi connectivity index (χ3v) is 7.41. The van der Waals surface area contributed by atoms with Gasteiger partial charge in [-0.1, -0.05) is 70.4 Å². The van der Waals surface area contributed by atoms with Crippen molar-refractivity contribution in [2.45, 2.75) is 155 Å². The summed E-state index contributed by atoms with van der Waals surface area (Å²) in [4.78, 5) is 57.8. The number of likely N-dealkylation sites (tertiary alicyclic amines) is 1. The summed E-state index contributed by atoms with van der Waals surface area (Å²) in [6.07, 6.45) is 22.7. The lowest BCUT2D eigenvalue weighted by Crippen LogP contribution is -2.52. The van der Waals surface area contributed by atoms with E-state index in [4.69, 9.17) is 15.9 Å². The molecule has 11 heteroatoms. The molecule has 0 bridgehead atoms. The topological polar surface area (TPSA) is 179 Å². The molecule has 6 N–H and O–H groups in total. The number of aliphatic carboxylic acids is 2. The van der Waals surface area contributed by atoms with Gasteiger partial charge in [-0.25, -0.2) is 4.79 Å². The summed E-state index contributed by atoms with van der Waals surface area (Å²) in [6, 6.07) is -3.12. The van der Waals surface area contributed by atoms with Crippen LogP contribution in [0.1, 0.15) is 130 Å². The normalized spacial score (nSPS) is 16.6. The van der Waals surface area contributed by atoms with E-state index in [1.165, 1.54) is 91.4 Å². The first-order chi connectivity index (χ1) is 20.4. The predicted octanol–water partition coefficient (Wildman–Crippen LogP) is 4.53. The third-order valence-electron chi connectivity index (χ3n) is 7.41. The van der Waals surface area contributed by atoms with E-state index in [1.54, 1.807) is 4.90 Å². The molecular weight excluding hydrogens is 552 g/mol. The van der Waals surface area contributed by atoms with Crippen LogP contribution in [0.15, 0.2) is 12.2 Å². The fourth-order valence-electron chi connectivity index (χ4n) is 4.62. The lowest BCUT2D eigenvalue weighted by Gasteiger charge is -2.21. The van der Waals surface area contributed by atoms with Crippen LogP contribution >= 0.6 is 0 Å². The van der Waals surface area contributed by atoms with E-state index >= 15 is 0 Å². The van der Waals surface area contributed by atoms with Gasteiger partial charge in [0.05, 0.1) is 6.04 Å². The number of hydrogen-bond donors (Lipinski definition) is 5. The van der Waals surface area contributed by atoms with Gasteiger partial charge < -0.3 is 31.5 Å². The number of nitrogens with two attached hydrogens (primary N) is 1. The Hall–Kier alpha value is -2.95. The number of carbonyl (C=O) groups is 5. The first kappa shape index (κ1) is 40.1. The van der Waals surface area contributed by atoms with Gasteiger partial charge in [-0.05, 0) is 65.7 Å². The van der Waals surface area contributed by atoms with Crippen molar-refractivity contribution in [2.24, 2.45) is 5.73 Å². The molecule has 4 atom stereocenters. The SMILES string of the molecule is CCCCCCCC/C=C\CCCCCCCC(=O)N1CCC[C@H]1C(=O)O.C[C@H](N)C(=O)N[C@@H](C)C(=O)N[C@@H](C)C(=O)O. The van der Waals surface area contributed by atoms with Crippen molar-refractivity contribution in [1.29, 1.82) is 0 Å². The van der Waals surface area contributed by atoms with Gasteiger partial charge in [-0.2, -0.15) is 0 Å². The van der Waals surface area contributed by atoms with Crippen molar-refractivity contribution in [2.75, 3.05) is 6.54 Å². The second-order valence-corrected chi connectivity index (χ2v) is 11.5. The standard InChI is InChI=1S/C23H41NO3.C9H17N3O4/c1-2-3-4-5-6-7-8-9-10-11-12-13-14-15-16-19-22(25)24-20-17-18-21(24)23(26)27;1-4(10)7(13)11-5(2)8(14)12-6(3)9(15)16/h9-10,21H,2-8,11-20H2,1H3,(H,26,27);4-6H,10H2,1-3H3,(H,11,13)(H,12,14)(H,15,16)/b10-9-;/t21-;4-,5-,6-/m00/s1. The molecule has 0 aliphatic carbocycles. The highest BCUT2D eigenvalue weighted by Gasteiger charge is 2.33. The van der Waals surface area contributed by atoms with Crippen LogP contribution in [-0.4, -0.2) is 75.5 Å². The molecule has 43 heavy (non-hydrogen) atoms. The monoisotopic (exact) mass is 610 g/mol. The van der Waals surface area contributed by atoms with Gasteiger partial charge in [0.1, 0.15) is 18.1 Å². The number of amides is 3. The zero-order valence-corrected chi connectivity index (χ0v) is 26.9. The van der Waals surface area contributed by atoms with Crippen LogP contribution in [0.25, 0.3) is 0 Å². The molecule has 0 saturated carbocycles. The van der Waals surface area contributed by atoms with Gasteiger partial charge in [-0.15, -0.1) is 0 Å². The minimum atomic E-state index is -1.14. The van der Waals surface area contributed by atoms with E-state index in [1.807, 2.05) is 0 Å². The number of nitrogens with one attached hydrogen (secondary N) is 2. The van der Waals surface area contributed by atoms with Gasteiger partial charge >= 0.3 is 11.9 Å². The Bertz CT molecular complexity index is 863. The molecule has 1 rings (SSSR count). The van der Waals surface area contributed by atoms with Crippen molar-refractivity contribution >= 4 is 29.7 Å². The summed E-state index contributed by atoms with van der Waals surface area (Å²) < 4.78 is 0. The Kier molecular flexibility index (Phi) is 22.8. The molecule has 1 saturated heterocycles. The first-order valence-corrected chi connectivity index (χ1v) is 16.2. The predicted molar refractivity (Wildman–Crippen MR) is 168 cm³/mol. The molecule has 1 aliphatic heterocycles. The molecule has 0 aromatic rings. The van der Waals surface area contributed by atoms with Crippen LogP contribution in [0.5, 0.6) is 0 Å². The zero-order valence-electron chi connectivity index (χ0n) is 26.9. The smallest absolute Gasteiger partial charge is 0.326 e. The second kappa shape index (κ2) is 24.5. The minimum Gasteiger partial charge on any atom is -0.480 e. The van der Waals surface area contributed by atoms with Crippen molar-refractivity contribution in [1.82, 2.24) is 15.5 Å². The van der Waals surface area contributed by atoms with Gasteiger partial charge in [0, 0.05) is 13.0 Å². The van der Waals surface area contributed by atoms with E-state index in [0.717, 1.165) is 19.3 Å². The number of carbonyl (C=O) groups excluding carboxylic acids is 3. The summed E-state index contributed by atoms with van der Waals surface area (Å²) in [5.74, 6) is -3.00. The molecule has 248 valence electrons. The molecule has 11 nitrogen and oxygen atoms in total. The Morgan fingerprint density at radius 1 is 0.791 bits per heavy atom. The minimum absolute atomic E-state index is 0.0255. The number of carboxylic acid groups (broad SMARTS) is 2. The average molecular weight is 611 g/mol. The molecular formula is C32H58N4O7. The third kappa shape index (κ3) is 19.8. The van der Waals surface area contributed by atoms with E-state index in [0.29, 0.717) is 19.4 Å². The van der Waals surface area contributed by atoms with Crippen molar-refractivity contribution in [3.8, 4) is 0 Å². The highest BCUT2D eigenvalue weighted by Crippen LogP contribution is 2.19. The fraction of sp³-hybridized carbons (Fsp3) is 0.781. The summed E-state index contributed by atoms with van der Waals surface area (Å²) in [5.41, 5.74) is 5.30. The van der Waals surface area contributed by atoms with Gasteiger partial charge in [-0.3, -0.25) is 19.2 Å². The lowest BCUT2D eigenvalue weighted by molar-refractivity contribution is -0.148. The maximum atomic E-state index is 12.1. The second-order valence-electron chi connectivity index (χ2n) is 11.5.